The van der Waals surface area contributed by atoms with Crippen LogP contribution in [0.2, 0.25) is 0 Å². The molecular formula is C19H32N4O3S. The molecule has 1 heterocycles. The van der Waals surface area contributed by atoms with Crippen molar-refractivity contribution in [3.8, 4) is 0 Å². The first-order valence-electron chi connectivity index (χ1n) is 9.51. The fourth-order valence-electron chi connectivity index (χ4n) is 3.18. The van der Waals surface area contributed by atoms with E-state index in [1.807, 2.05) is 43.3 Å². The first kappa shape index (κ1) is 21.5. The van der Waals surface area contributed by atoms with Gasteiger partial charge in [-0.05, 0) is 57.6 Å². The highest BCUT2D eigenvalue weighted by Crippen LogP contribution is 2.25. The number of nitrogens with zero attached hydrogens (tertiary/aromatic N) is 3. The van der Waals surface area contributed by atoms with E-state index in [2.05, 4.69) is 10.2 Å². The molecule has 1 aromatic carbocycles. The molecule has 0 aliphatic carbocycles. The number of nitrogens with one attached hydrogen (secondary N) is 1. The Labute approximate surface area is 163 Å². The molecular weight excluding hydrogens is 364 g/mol. The summed E-state index contributed by atoms with van der Waals surface area (Å²) in [5, 5.41) is 2.82. The van der Waals surface area contributed by atoms with Gasteiger partial charge < -0.3 is 15.1 Å². The highest BCUT2D eigenvalue weighted by atomic mass is 32.2. The van der Waals surface area contributed by atoms with Gasteiger partial charge >= 0.3 is 0 Å². The summed E-state index contributed by atoms with van der Waals surface area (Å²) in [7, 11) is 0.417. The summed E-state index contributed by atoms with van der Waals surface area (Å²) in [4.78, 5) is 16.3. The summed E-state index contributed by atoms with van der Waals surface area (Å²) < 4.78 is 25.7. The van der Waals surface area contributed by atoms with Crippen LogP contribution in [-0.2, 0) is 14.8 Å². The molecule has 0 bridgehead atoms. The molecule has 1 aromatic rings. The number of piperidine rings is 1. The minimum absolute atomic E-state index is 0.133. The van der Waals surface area contributed by atoms with Crippen molar-refractivity contribution < 1.29 is 13.2 Å². The maximum Gasteiger partial charge on any atom is 0.232 e. The number of hydrogen-bond donors (Lipinski definition) is 1. The fourth-order valence-corrected chi connectivity index (χ4v) is 4.11. The molecule has 0 radical (unpaired) electrons. The van der Waals surface area contributed by atoms with Crippen LogP contribution in [0.15, 0.2) is 24.3 Å². The highest BCUT2D eigenvalue weighted by Gasteiger charge is 2.19. The van der Waals surface area contributed by atoms with E-state index in [1.165, 1.54) is 29.8 Å². The number of amides is 1. The standard InChI is InChI=1S/C19H32N4O3S/c1-21(2)16-12-20-19(24)11-15-23(27(3,25)26)18-9-7-17(8-10-18)22-13-5-4-6-14-22/h7-10H,4-6,11-16H2,1-3H3,(H,20,24). The molecule has 27 heavy (non-hydrogen) atoms. The molecule has 0 unspecified atom stereocenters. The van der Waals surface area contributed by atoms with Crippen LogP contribution < -0.4 is 14.5 Å². The Kier molecular flexibility index (Phi) is 7.91. The third kappa shape index (κ3) is 7.03. The van der Waals surface area contributed by atoms with E-state index in [9.17, 15) is 13.2 Å². The van der Waals surface area contributed by atoms with E-state index in [4.69, 9.17) is 0 Å². The van der Waals surface area contributed by atoms with E-state index in [0.29, 0.717) is 12.2 Å². The number of carbonyl (C=O) groups is 1. The summed E-state index contributed by atoms with van der Waals surface area (Å²) >= 11 is 0. The molecule has 1 fully saturated rings. The lowest BCUT2D eigenvalue weighted by molar-refractivity contribution is -0.120. The quantitative estimate of drug-likeness (QED) is 0.685. The Bertz CT molecular complexity index is 698. The normalized spacial score (nSPS) is 15.0. The van der Waals surface area contributed by atoms with Crippen molar-refractivity contribution in [1.29, 1.82) is 0 Å². The Morgan fingerprint density at radius 1 is 1.07 bits per heavy atom. The lowest BCUT2D eigenvalue weighted by Gasteiger charge is -2.29. The molecule has 1 aliphatic heterocycles. The Morgan fingerprint density at radius 2 is 1.70 bits per heavy atom. The zero-order valence-corrected chi connectivity index (χ0v) is 17.5. The van der Waals surface area contributed by atoms with Crippen molar-refractivity contribution in [1.82, 2.24) is 10.2 Å². The molecule has 152 valence electrons. The number of rotatable bonds is 9. The summed E-state index contributed by atoms with van der Waals surface area (Å²) in [6, 6.07) is 7.59. The molecule has 0 aromatic heterocycles. The molecule has 2 rings (SSSR count). The van der Waals surface area contributed by atoms with E-state index in [0.717, 1.165) is 25.3 Å². The summed E-state index contributed by atoms with van der Waals surface area (Å²) in [6.45, 7) is 3.52. The SMILES string of the molecule is CN(C)CCNC(=O)CCN(c1ccc(N2CCCCC2)cc1)S(C)(=O)=O. The van der Waals surface area contributed by atoms with Crippen LogP contribution in [0.1, 0.15) is 25.7 Å². The van der Waals surface area contributed by atoms with Crippen molar-refractivity contribution in [2.75, 3.05) is 62.3 Å². The van der Waals surface area contributed by atoms with Crippen molar-refractivity contribution in [2.45, 2.75) is 25.7 Å². The second-order valence-electron chi connectivity index (χ2n) is 7.30. The maximum absolute atomic E-state index is 12.2. The van der Waals surface area contributed by atoms with Crippen LogP contribution in [0.4, 0.5) is 11.4 Å². The third-order valence-corrected chi connectivity index (χ3v) is 5.88. The Balaban J connectivity index is 1.98. The number of carbonyl (C=O) groups excluding carboxylic acids is 1. The van der Waals surface area contributed by atoms with E-state index in [1.54, 1.807) is 0 Å². The molecule has 1 amide bonds. The number of benzene rings is 1. The smallest absolute Gasteiger partial charge is 0.232 e. The van der Waals surface area contributed by atoms with Crippen molar-refractivity contribution in [3.63, 3.8) is 0 Å². The van der Waals surface area contributed by atoms with Crippen LogP contribution in [0.3, 0.4) is 0 Å². The van der Waals surface area contributed by atoms with E-state index < -0.39 is 10.0 Å². The zero-order chi connectivity index (χ0) is 19.9. The van der Waals surface area contributed by atoms with Crippen molar-refractivity contribution >= 4 is 27.3 Å². The number of likely N-dealkylation sites (N-methyl/N-ethyl adjacent to an activating group) is 1. The average molecular weight is 397 g/mol. The molecule has 0 saturated carbocycles. The van der Waals surface area contributed by atoms with Gasteiger partial charge in [0.25, 0.3) is 0 Å². The first-order chi connectivity index (χ1) is 12.8. The van der Waals surface area contributed by atoms with Crippen LogP contribution in [-0.4, -0.2) is 72.3 Å². The van der Waals surface area contributed by atoms with Gasteiger partial charge in [0.1, 0.15) is 0 Å². The highest BCUT2D eigenvalue weighted by molar-refractivity contribution is 7.92. The fraction of sp³-hybridized carbons (Fsp3) is 0.632. The maximum atomic E-state index is 12.2. The Hall–Kier alpha value is -1.80. The van der Waals surface area contributed by atoms with Gasteiger partial charge in [0.2, 0.25) is 15.9 Å². The minimum Gasteiger partial charge on any atom is -0.372 e. The van der Waals surface area contributed by atoms with Gasteiger partial charge in [-0.3, -0.25) is 9.10 Å². The van der Waals surface area contributed by atoms with Gasteiger partial charge in [0.15, 0.2) is 0 Å². The van der Waals surface area contributed by atoms with Crippen molar-refractivity contribution in [3.05, 3.63) is 24.3 Å². The predicted molar refractivity (Wildman–Crippen MR) is 111 cm³/mol. The van der Waals surface area contributed by atoms with Gasteiger partial charge in [-0.25, -0.2) is 8.42 Å². The summed E-state index contributed by atoms with van der Waals surface area (Å²) in [5.74, 6) is -0.143. The minimum atomic E-state index is -3.45. The number of sulfonamides is 1. The lowest BCUT2D eigenvalue weighted by atomic mass is 10.1. The summed E-state index contributed by atoms with van der Waals surface area (Å²) in [5.41, 5.74) is 1.72. The average Bonchev–Trinajstić information content (AvgIpc) is 2.62. The second-order valence-corrected chi connectivity index (χ2v) is 9.21. The van der Waals surface area contributed by atoms with E-state index >= 15 is 0 Å². The largest absolute Gasteiger partial charge is 0.372 e. The van der Waals surface area contributed by atoms with Gasteiger partial charge in [-0.1, -0.05) is 0 Å². The molecule has 1 N–H and O–H groups in total. The van der Waals surface area contributed by atoms with Gasteiger partial charge in [0, 0.05) is 44.8 Å². The van der Waals surface area contributed by atoms with Gasteiger partial charge in [-0.2, -0.15) is 0 Å². The van der Waals surface area contributed by atoms with Gasteiger partial charge in [-0.15, -0.1) is 0 Å². The molecule has 7 nitrogen and oxygen atoms in total. The second kappa shape index (κ2) is 9.94. The van der Waals surface area contributed by atoms with E-state index in [-0.39, 0.29) is 18.9 Å². The van der Waals surface area contributed by atoms with Crippen LogP contribution in [0.5, 0.6) is 0 Å². The topological polar surface area (TPSA) is 73.0 Å². The molecule has 8 heteroatoms. The first-order valence-corrected chi connectivity index (χ1v) is 11.4. The summed E-state index contributed by atoms with van der Waals surface area (Å²) in [6.07, 6.45) is 4.97. The zero-order valence-electron chi connectivity index (χ0n) is 16.6. The molecule has 1 saturated heterocycles. The van der Waals surface area contributed by atoms with Gasteiger partial charge in [0.05, 0.1) is 11.9 Å². The van der Waals surface area contributed by atoms with Crippen LogP contribution in [0.25, 0.3) is 0 Å². The monoisotopic (exact) mass is 396 g/mol. The third-order valence-electron chi connectivity index (χ3n) is 4.68. The van der Waals surface area contributed by atoms with Crippen LogP contribution >= 0.6 is 0 Å². The van der Waals surface area contributed by atoms with Crippen molar-refractivity contribution in [2.24, 2.45) is 0 Å². The predicted octanol–water partition coefficient (Wildman–Crippen LogP) is 1.51. The molecule has 0 atom stereocenters. The van der Waals surface area contributed by atoms with Crippen LogP contribution in [0, 0.1) is 0 Å². The molecule has 0 spiro atoms. The lowest BCUT2D eigenvalue weighted by Crippen LogP contribution is -2.36. The Morgan fingerprint density at radius 3 is 2.26 bits per heavy atom. The number of anilines is 2. The number of hydrogen-bond acceptors (Lipinski definition) is 5. The molecule has 1 aliphatic rings.